The third kappa shape index (κ3) is 6.25. The molecule has 1 saturated heterocycles. The van der Waals surface area contributed by atoms with Crippen LogP contribution in [0.1, 0.15) is 80.6 Å². The first kappa shape index (κ1) is 21.2. The van der Waals surface area contributed by atoms with Gasteiger partial charge in [-0.2, -0.15) is 0 Å². The summed E-state index contributed by atoms with van der Waals surface area (Å²) in [4.78, 5) is 0. The average molecular weight is 332 g/mol. The van der Waals surface area contributed by atoms with Gasteiger partial charge in [-0.05, 0) is 66.7 Å². The van der Waals surface area contributed by atoms with E-state index >= 15 is 0 Å². The first-order chi connectivity index (χ1) is 11.2. The molecule has 24 heavy (non-hydrogen) atoms. The minimum absolute atomic E-state index is 0.169. The maximum absolute atomic E-state index is 6.29. The van der Waals surface area contributed by atoms with Crippen molar-refractivity contribution >= 4 is 7.12 Å². The van der Waals surface area contributed by atoms with Crippen LogP contribution in [-0.4, -0.2) is 18.3 Å². The van der Waals surface area contributed by atoms with Crippen LogP contribution in [0.5, 0.6) is 0 Å². The maximum atomic E-state index is 6.29. The summed E-state index contributed by atoms with van der Waals surface area (Å²) in [7, 11) is -0.169. The topological polar surface area (TPSA) is 18.5 Å². The van der Waals surface area contributed by atoms with Crippen LogP contribution in [0.15, 0.2) is 36.0 Å². The van der Waals surface area contributed by atoms with Gasteiger partial charge in [-0.15, -0.1) is 0 Å². The van der Waals surface area contributed by atoms with Gasteiger partial charge in [0.1, 0.15) is 0 Å². The molecule has 0 aliphatic carbocycles. The Balaban J connectivity index is 2.81. The fraction of sp³-hybridized carbons (Fsp3) is 0.714. The predicted molar refractivity (Wildman–Crippen MR) is 106 cm³/mol. The average Bonchev–Trinajstić information content (AvgIpc) is 2.71. The molecule has 136 valence electrons. The van der Waals surface area contributed by atoms with Crippen molar-refractivity contribution in [2.75, 3.05) is 0 Å². The Morgan fingerprint density at radius 2 is 1.46 bits per heavy atom. The van der Waals surface area contributed by atoms with Gasteiger partial charge in [0.15, 0.2) is 0 Å². The zero-order valence-electron chi connectivity index (χ0n) is 16.9. The molecule has 1 atom stereocenters. The van der Waals surface area contributed by atoms with Gasteiger partial charge in [-0.1, -0.05) is 49.8 Å². The lowest BCUT2D eigenvalue weighted by molar-refractivity contribution is 0.00578. The lowest BCUT2D eigenvalue weighted by atomic mass is 9.69. The van der Waals surface area contributed by atoms with Crippen molar-refractivity contribution in [3.05, 3.63) is 36.0 Å². The van der Waals surface area contributed by atoms with Gasteiger partial charge >= 0.3 is 7.12 Å². The molecule has 0 saturated carbocycles. The quantitative estimate of drug-likeness (QED) is 0.354. The lowest BCUT2D eigenvalue weighted by Gasteiger charge is -2.32. The molecule has 2 nitrogen and oxygen atoms in total. The Kier molecular flexibility index (Phi) is 8.52. The first-order valence-electron chi connectivity index (χ1n) is 9.56. The van der Waals surface area contributed by atoms with Crippen LogP contribution in [-0.2, 0) is 9.31 Å². The van der Waals surface area contributed by atoms with Crippen LogP contribution >= 0.6 is 0 Å². The molecule has 0 amide bonds. The third-order valence-corrected chi connectivity index (χ3v) is 5.04. The highest BCUT2D eigenvalue weighted by Gasteiger charge is 2.53. The molecule has 1 aliphatic heterocycles. The summed E-state index contributed by atoms with van der Waals surface area (Å²) >= 11 is 0. The van der Waals surface area contributed by atoms with E-state index in [1.807, 2.05) is 0 Å². The van der Waals surface area contributed by atoms with Gasteiger partial charge in [0.25, 0.3) is 0 Å². The second-order valence-electron chi connectivity index (χ2n) is 7.84. The van der Waals surface area contributed by atoms with Crippen LogP contribution in [0.25, 0.3) is 0 Å². The fourth-order valence-electron chi connectivity index (χ4n) is 2.79. The molecule has 0 aromatic carbocycles. The minimum atomic E-state index is -0.268. The molecule has 1 aliphatic rings. The molecular formula is C21H37BO2. The zero-order chi connectivity index (χ0) is 18.2. The van der Waals surface area contributed by atoms with E-state index in [0.717, 1.165) is 32.1 Å². The molecule has 0 unspecified atom stereocenters. The van der Waals surface area contributed by atoms with Crippen molar-refractivity contribution in [2.24, 2.45) is 0 Å². The van der Waals surface area contributed by atoms with Gasteiger partial charge in [0, 0.05) is 5.82 Å². The Bertz CT molecular complexity index is 444. The van der Waals surface area contributed by atoms with Crippen LogP contribution in [0.3, 0.4) is 0 Å². The number of hydrogen-bond donors (Lipinski definition) is 0. The van der Waals surface area contributed by atoms with E-state index in [4.69, 9.17) is 9.31 Å². The number of rotatable bonds is 9. The van der Waals surface area contributed by atoms with Crippen LogP contribution in [0.4, 0.5) is 0 Å². The van der Waals surface area contributed by atoms with Crippen molar-refractivity contribution in [1.29, 1.82) is 0 Å². The smallest absolute Gasteiger partial charge is 0.403 e. The van der Waals surface area contributed by atoms with Crippen molar-refractivity contribution < 1.29 is 9.31 Å². The minimum Gasteiger partial charge on any atom is -0.403 e. The van der Waals surface area contributed by atoms with E-state index in [-0.39, 0.29) is 24.1 Å². The SMILES string of the molecule is CC/C=C\CC/C(C)=C\[C@@H](C/C=C\CC)B1OC(C)(C)C(C)(C)O1. The summed E-state index contributed by atoms with van der Waals surface area (Å²) < 4.78 is 12.6. The Morgan fingerprint density at radius 1 is 0.917 bits per heavy atom. The molecule has 0 N–H and O–H groups in total. The standard InChI is InChI=1S/C21H37BO2/c1-8-10-12-14-15-18(3)17-19(16-13-11-9-2)22-23-20(4,5)21(6,7)24-22/h10-13,17,19H,8-9,14-16H2,1-7H3/b12-10-,13-11-,18-17-/t19-/m1/s1. The Morgan fingerprint density at radius 3 is 2.00 bits per heavy atom. The van der Waals surface area contributed by atoms with E-state index < -0.39 is 0 Å². The second-order valence-corrected chi connectivity index (χ2v) is 7.84. The lowest BCUT2D eigenvalue weighted by Crippen LogP contribution is -2.41. The van der Waals surface area contributed by atoms with Crippen molar-refractivity contribution in [1.82, 2.24) is 0 Å². The third-order valence-electron chi connectivity index (χ3n) is 5.04. The molecule has 0 bridgehead atoms. The van der Waals surface area contributed by atoms with Crippen molar-refractivity contribution in [2.45, 2.75) is 97.6 Å². The normalized spacial score (nSPS) is 22.0. The highest BCUT2D eigenvalue weighted by molar-refractivity contribution is 6.48. The molecule has 0 aromatic rings. The molecule has 0 spiro atoms. The van der Waals surface area contributed by atoms with E-state index in [1.165, 1.54) is 5.57 Å². The summed E-state index contributed by atoms with van der Waals surface area (Å²) in [5.74, 6) is 0.268. The van der Waals surface area contributed by atoms with Crippen LogP contribution in [0, 0.1) is 0 Å². The van der Waals surface area contributed by atoms with Gasteiger partial charge in [-0.3, -0.25) is 0 Å². The van der Waals surface area contributed by atoms with E-state index in [9.17, 15) is 0 Å². The highest BCUT2D eigenvalue weighted by Crippen LogP contribution is 2.41. The van der Waals surface area contributed by atoms with Gasteiger partial charge in [0.2, 0.25) is 0 Å². The van der Waals surface area contributed by atoms with Crippen molar-refractivity contribution in [3.8, 4) is 0 Å². The summed E-state index contributed by atoms with van der Waals surface area (Å²) in [5.41, 5.74) is 0.881. The number of allylic oxidation sites excluding steroid dienone is 6. The van der Waals surface area contributed by atoms with E-state index in [1.54, 1.807) is 0 Å². The maximum Gasteiger partial charge on any atom is 0.465 e. The van der Waals surface area contributed by atoms with E-state index in [0.29, 0.717) is 0 Å². The summed E-state index contributed by atoms with van der Waals surface area (Å²) in [6.07, 6.45) is 16.7. The molecule has 3 heteroatoms. The van der Waals surface area contributed by atoms with Gasteiger partial charge in [-0.25, -0.2) is 0 Å². The molecule has 0 radical (unpaired) electrons. The summed E-state index contributed by atoms with van der Waals surface area (Å²) in [5, 5.41) is 0. The summed E-state index contributed by atoms with van der Waals surface area (Å²) in [6, 6.07) is 0. The second kappa shape index (κ2) is 9.63. The predicted octanol–water partition coefficient (Wildman–Crippen LogP) is 6.50. The Hall–Kier alpha value is -0.795. The largest absolute Gasteiger partial charge is 0.465 e. The molecule has 0 aromatic heterocycles. The van der Waals surface area contributed by atoms with Crippen molar-refractivity contribution in [3.63, 3.8) is 0 Å². The van der Waals surface area contributed by atoms with Gasteiger partial charge < -0.3 is 9.31 Å². The molecular weight excluding hydrogens is 295 g/mol. The van der Waals surface area contributed by atoms with E-state index in [2.05, 4.69) is 78.8 Å². The molecule has 1 fully saturated rings. The van der Waals surface area contributed by atoms with Gasteiger partial charge in [0.05, 0.1) is 11.2 Å². The fourth-order valence-corrected chi connectivity index (χ4v) is 2.79. The highest BCUT2D eigenvalue weighted by atomic mass is 16.7. The summed E-state index contributed by atoms with van der Waals surface area (Å²) in [6.45, 7) is 15.1. The number of hydrogen-bond acceptors (Lipinski definition) is 2. The monoisotopic (exact) mass is 332 g/mol. The Labute approximate surface area is 150 Å². The first-order valence-corrected chi connectivity index (χ1v) is 9.56. The zero-order valence-corrected chi connectivity index (χ0v) is 16.9. The molecule has 1 heterocycles. The molecule has 1 rings (SSSR count). The van der Waals surface area contributed by atoms with Crippen LogP contribution < -0.4 is 0 Å². The van der Waals surface area contributed by atoms with Crippen LogP contribution in [0.2, 0.25) is 5.82 Å².